The van der Waals surface area contributed by atoms with E-state index in [0.717, 1.165) is 0 Å². The number of anilines is 1. The Morgan fingerprint density at radius 2 is 1.88 bits per heavy atom. The lowest BCUT2D eigenvalue weighted by Gasteiger charge is -2.26. The number of alkyl halides is 2. The lowest BCUT2D eigenvalue weighted by molar-refractivity contribution is -0.0498. The molecule has 0 fully saturated rings. The number of ether oxygens (including phenoxy) is 1. The Labute approximate surface area is 180 Å². The van der Waals surface area contributed by atoms with Gasteiger partial charge in [-0.25, -0.2) is 9.18 Å². The van der Waals surface area contributed by atoms with Gasteiger partial charge in [-0.15, -0.1) is 0 Å². The monoisotopic (exact) mass is 445 g/mol. The van der Waals surface area contributed by atoms with Crippen molar-refractivity contribution in [2.45, 2.75) is 19.7 Å². The minimum atomic E-state index is -2.96. The summed E-state index contributed by atoms with van der Waals surface area (Å²) in [5, 5.41) is 7.15. The van der Waals surface area contributed by atoms with Gasteiger partial charge in [-0.05, 0) is 36.4 Å². The number of benzene rings is 2. The van der Waals surface area contributed by atoms with Crippen molar-refractivity contribution in [3.8, 4) is 17.0 Å². The summed E-state index contributed by atoms with van der Waals surface area (Å²) in [7, 11) is 0. The number of aromatic nitrogens is 2. The number of amides is 3. The largest absolute Gasteiger partial charge is 0.435 e. The molecule has 0 bridgehead atoms. The van der Waals surface area contributed by atoms with Crippen LogP contribution < -0.4 is 15.8 Å². The van der Waals surface area contributed by atoms with E-state index in [1.807, 2.05) is 0 Å². The zero-order valence-electron chi connectivity index (χ0n) is 16.6. The van der Waals surface area contributed by atoms with E-state index in [1.54, 1.807) is 10.7 Å². The fraction of sp³-hybridized carbons (Fsp3) is 0.190. The van der Waals surface area contributed by atoms with E-state index in [0.29, 0.717) is 30.0 Å². The maximum atomic E-state index is 13.8. The van der Waals surface area contributed by atoms with E-state index >= 15 is 0 Å². The molecule has 0 aliphatic carbocycles. The van der Waals surface area contributed by atoms with Crippen LogP contribution in [0.2, 0.25) is 0 Å². The maximum absolute atomic E-state index is 13.8. The summed E-state index contributed by atoms with van der Waals surface area (Å²) in [5.74, 6) is -1.11. The molecule has 3 aromatic rings. The summed E-state index contributed by atoms with van der Waals surface area (Å²) < 4.78 is 44.4. The number of urea groups is 1. The van der Waals surface area contributed by atoms with E-state index in [1.165, 1.54) is 47.4 Å². The smallest absolute Gasteiger partial charge is 0.387 e. The van der Waals surface area contributed by atoms with Crippen LogP contribution in [0.1, 0.15) is 16.1 Å². The van der Waals surface area contributed by atoms with Gasteiger partial charge in [0.2, 0.25) is 0 Å². The first kappa shape index (κ1) is 21.2. The van der Waals surface area contributed by atoms with Crippen LogP contribution in [-0.2, 0) is 13.1 Å². The third-order valence-electron chi connectivity index (χ3n) is 4.95. The van der Waals surface area contributed by atoms with Gasteiger partial charge in [0, 0.05) is 17.8 Å². The lowest BCUT2D eigenvalue weighted by atomic mass is 10.0. The van der Waals surface area contributed by atoms with E-state index in [-0.39, 0.29) is 23.6 Å². The number of carbonyl (C=O) groups excluding carboxylic acids is 2. The van der Waals surface area contributed by atoms with Crippen molar-refractivity contribution in [2.24, 2.45) is 5.73 Å². The number of fused-ring (bicyclic) bond motifs is 1. The summed E-state index contributed by atoms with van der Waals surface area (Å²) >= 11 is 0. The van der Waals surface area contributed by atoms with Crippen LogP contribution in [0.4, 0.5) is 23.7 Å². The molecule has 3 amide bonds. The van der Waals surface area contributed by atoms with Gasteiger partial charge in [0.15, 0.2) is 0 Å². The minimum Gasteiger partial charge on any atom is -0.435 e. The first-order valence-corrected chi connectivity index (χ1v) is 9.58. The molecule has 11 heteroatoms. The first-order valence-electron chi connectivity index (χ1n) is 9.58. The second kappa shape index (κ2) is 8.61. The van der Waals surface area contributed by atoms with Crippen LogP contribution in [-0.4, -0.2) is 39.8 Å². The molecular weight excluding hydrogens is 427 g/mol. The van der Waals surface area contributed by atoms with Gasteiger partial charge in [-0.2, -0.15) is 13.9 Å². The molecule has 1 aliphatic heterocycles. The molecule has 8 nitrogen and oxygen atoms in total. The normalized spacial score (nSPS) is 13.1. The number of nitrogens with two attached hydrogens (primary N) is 1. The highest BCUT2D eigenvalue weighted by Crippen LogP contribution is 2.30. The average Bonchev–Trinajstić information content (AvgIpc) is 3.13. The zero-order valence-corrected chi connectivity index (χ0v) is 16.6. The van der Waals surface area contributed by atoms with Crippen molar-refractivity contribution >= 4 is 17.6 Å². The Bertz CT molecular complexity index is 1160. The van der Waals surface area contributed by atoms with Gasteiger partial charge in [0.25, 0.3) is 5.91 Å². The van der Waals surface area contributed by atoms with Gasteiger partial charge in [-0.1, -0.05) is 12.1 Å². The van der Waals surface area contributed by atoms with Gasteiger partial charge in [0.1, 0.15) is 17.3 Å². The summed E-state index contributed by atoms with van der Waals surface area (Å²) in [6.45, 7) is -2.27. The van der Waals surface area contributed by atoms with Gasteiger partial charge in [0.05, 0.1) is 24.3 Å². The number of hydrogen-bond donors (Lipinski definition) is 2. The second-order valence-corrected chi connectivity index (χ2v) is 7.02. The summed E-state index contributed by atoms with van der Waals surface area (Å²) in [6, 6.07) is 10.4. The van der Waals surface area contributed by atoms with Crippen LogP contribution in [0.3, 0.4) is 0 Å². The molecule has 0 radical (unpaired) electrons. The Morgan fingerprint density at radius 3 is 2.53 bits per heavy atom. The Kier molecular flexibility index (Phi) is 5.71. The van der Waals surface area contributed by atoms with Crippen molar-refractivity contribution in [3.05, 3.63) is 65.6 Å². The Balaban J connectivity index is 1.70. The highest BCUT2D eigenvalue weighted by Gasteiger charge is 2.30. The number of hydrogen-bond acceptors (Lipinski definition) is 4. The van der Waals surface area contributed by atoms with Gasteiger partial charge < -0.3 is 20.7 Å². The molecule has 1 aromatic heterocycles. The van der Waals surface area contributed by atoms with Gasteiger partial charge in [-0.3, -0.25) is 9.48 Å². The second-order valence-electron chi connectivity index (χ2n) is 7.02. The van der Waals surface area contributed by atoms with E-state index < -0.39 is 24.4 Å². The fourth-order valence-corrected chi connectivity index (χ4v) is 3.50. The molecule has 0 saturated carbocycles. The highest BCUT2D eigenvalue weighted by molar-refractivity contribution is 6.09. The SMILES string of the molecule is NC(=O)N1CCn2nc(-c3cccc(F)c3)c(C(=O)Nc3ccc(OC(F)F)cc3)c2C1. The third-order valence-corrected chi connectivity index (χ3v) is 4.95. The van der Waals surface area contributed by atoms with Gasteiger partial charge >= 0.3 is 12.6 Å². The van der Waals surface area contributed by atoms with Crippen molar-refractivity contribution in [1.29, 1.82) is 0 Å². The van der Waals surface area contributed by atoms with E-state index in [9.17, 15) is 22.8 Å². The molecule has 1 aliphatic rings. The number of nitrogens with zero attached hydrogens (tertiary/aromatic N) is 3. The van der Waals surface area contributed by atoms with Crippen molar-refractivity contribution in [2.75, 3.05) is 11.9 Å². The molecule has 32 heavy (non-hydrogen) atoms. The molecule has 0 atom stereocenters. The van der Waals surface area contributed by atoms with Crippen LogP contribution in [0, 0.1) is 5.82 Å². The third kappa shape index (κ3) is 4.36. The lowest BCUT2D eigenvalue weighted by Crippen LogP contribution is -2.42. The van der Waals surface area contributed by atoms with Crippen LogP contribution in [0.5, 0.6) is 5.75 Å². The maximum Gasteiger partial charge on any atom is 0.387 e. The minimum absolute atomic E-state index is 0.0570. The molecule has 4 rings (SSSR count). The van der Waals surface area contributed by atoms with Crippen LogP contribution in [0.25, 0.3) is 11.3 Å². The topological polar surface area (TPSA) is 102 Å². The molecule has 0 unspecified atom stereocenters. The van der Waals surface area contributed by atoms with E-state index in [4.69, 9.17) is 5.73 Å². The number of halogens is 3. The molecule has 166 valence electrons. The first-order chi connectivity index (χ1) is 15.3. The standard InChI is InChI=1S/C21H18F3N5O3/c22-13-3-1-2-12(10-13)18-17(16-11-28(21(25)31)8-9-29(16)27-18)19(30)26-14-4-6-15(7-5-14)32-20(23)24/h1-7,10,20H,8-9,11H2,(H2,25,31)(H,26,30). The molecule has 2 heterocycles. The van der Waals surface area contributed by atoms with Crippen molar-refractivity contribution < 1.29 is 27.5 Å². The summed E-state index contributed by atoms with van der Waals surface area (Å²) in [4.78, 5) is 26.3. The predicted octanol–water partition coefficient (Wildman–Crippen LogP) is 3.44. The Hall–Kier alpha value is -4.02. The Morgan fingerprint density at radius 1 is 1.12 bits per heavy atom. The molecule has 0 saturated heterocycles. The summed E-state index contributed by atoms with van der Waals surface area (Å²) in [5.41, 5.74) is 6.98. The van der Waals surface area contributed by atoms with Crippen molar-refractivity contribution in [3.63, 3.8) is 0 Å². The van der Waals surface area contributed by atoms with Crippen molar-refractivity contribution in [1.82, 2.24) is 14.7 Å². The zero-order chi connectivity index (χ0) is 22.8. The van der Waals surface area contributed by atoms with E-state index in [2.05, 4.69) is 15.2 Å². The number of primary amides is 1. The number of rotatable bonds is 5. The number of carbonyl (C=O) groups is 2. The van der Waals surface area contributed by atoms with Crippen LogP contribution >= 0.6 is 0 Å². The predicted molar refractivity (Wildman–Crippen MR) is 109 cm³/mol. The fourth-order valence-electron chi connectivity index (χ4n) is 3.50. The van der Waals surface area contributed by atoms with Crippen LogP contribution in [0.15, 0.2) is 48.5 Å². The quantitative estimate of drug-likeness (QED) is 0.628. The molecule has 3 N–H and O–H groups in total. The number of nitrogens with one attached hydrogen (secondary N) is 1. The molecule has 0 spiro atoms. The highest BCUT2D eigenvalue weighted by atomic mass is 19.3. The average molecular weight is 445 g/mol. The summed E-state index contributed by atoms with van der Waals surface area (Å²) in [6.07, 6.45) is 0. The molecular formula is C21H18F3N5O3. The molecule has 2 aromatic carbocycles.